The van der Waals surface area contributed by atoms with Gasteiger partial charge in [-0.25, -0.2) is 4.79 Å². The number of hydrogen-bond donors (Lipinski definition) is 1. The van der Waals surface area contributed by atoms with Gasteiger partial charge in [0, 0.05) is 18.8 Å². The molecule has 1 aromatic rings. The molecule has 0 spiro atoms. The molecular formula is C18H21N3O3. The lowest BCUT2D eigenvalue weighted by Crippen LogP contribution is -2.34. The number of carbonyl (C=O) groups excluding carboxylic acids is 2. The van der Waals surface area contributed by atoms with Gasteiger partial charge in [0.1, 0.15) is 11.6 Å². The summed E-state index contributed by atoms with van der Waals surface area (Å²) in [5.41, 5.74) is 0.586. The number of benzene rings is 1. The first-order valence-electron chi connectivity index (χ1n) is 7.93. The van der Waals surface area contributed by atoms with Gasteiger partial charge in [-0.05, 0) is 38.3 Å². The number of ether oxygens (including phenoxy) is 1. The molecule has 0 radical (unpaired) electrons. The molecule has 1 unspecified atom stereocenters. The second-order valence-electron chi connectivity index (χ2n) is 5.73. The third-order valence-corrected chi connectivity index (χ3v) is 4.09. The number of nitriles is 1. The Bertz CT molecular complexity index is 691. The number of nitrogens with one attached hydrogen (secondary N) is 1. The normalized spacial score (nSPS) is 17.8. The van der Waals surface area contributed by atoms with E-state index in [1.54, 1.807) is 30.5 Å². The zero-order valence-corrected chi connectivity index (χ0v) is 13.9. The number of hydrogen-bond acceptors (Lipinski definition) is 5. The van der Waals surface area contributed by atoms with Crippen LogP contribution in [0.3, 0.4) is 0 Å². The molecule has 1 aliphatic rings. The summed E-state index contributed by atoms with van der Waals surface area (Å²) >= 11 is 0. The van der Waals surface area contributed by atoms with Crippen molar-refractivity contribution in [3.05, 3.63) is 41.6 Å². The number of nitrogens with zero attached hydrogens (tertiary/aromatic N) is 2. The third kappa shape index (κ3) is 4.13. The summed E-state index contributed by atoms with van der Waals surface area (Å²) in [6, 6.07) is 8.78. The molecule has 1 aliphatic heterocycles. The van der Waals surface area contributed by atoms with Crippen LogP contribution in [0.15, 0.2) is 36.0 Å². The molecule has 24 heavy (non-hydrogen) atoms. The van der Waals surface area contributed by atoms with Crippen molar-refractivity contribution in [3.8, 4) is 6.07 Å². The summed E-state index contributed by atoms with van der Waals surface area (Å²) in [5.74, 6) is -1.08. The Morgan fingerprint density at radius 1 is 1.38 bits per heavy atom. The van der Waals surface area contributed by atoms with E-state index in [9.17, 15) is 14.9 Å². The van der Waals surface area contributed by atoms with Crippen LogP contribution in [-0.2, 0) is 9.53 Å². The molecule has 6 heteroatoms. The number of piperidine rings is 1. The van der Waals surface area contributed by atoms with Crippen LogP contribution in [0.5, 0.6) is 0 Å². The van der Waals surface area contributed by atoms with E-state index in [1.165, 1.54) is 7.11 Å². The Hall–Kier alpha value is -2.81. The van der Waals surface area contributed by atoms with Gasteiger partial charge in [0.25, 0.3) is 5.91 Å². The van der Waals surface area contributed by atoms with Crippen LogP contribution < -0.4 is 5.32 Å². The minimum Gasteiger partial charge on any atom is -0.465 e. The molecule has 0 aliphatic carbocycles. The molecule has 2 rings (SSSR count). The van der Waals surface area contributed by atoms with Gasteiger partial charge in [-0.3, -0.25) is 4.79 Å². The fourth-order valence-electron chi connectivity index (χ4n) is 2.69. The van der Waals surface area contributed by atoms with E-state index < -0.39 is 11.9 Å². The first-order chi connectivity index (χ1) is 11.6. The Morgan fingerprint density at radius 3 is 2.79 bits per heavy atom. The van der Waals surface area contributed by atoms with Crippen LogP contribution in [0.4, 0.5) is 5.69 Å². The van der Waals surface area contributed by atoms with Crippen molar-refractivity contribution in [2.24, 2.45) is 0 Å². The second kappa shape index (κ2) is 8.16. The zero-order chi connectivity index (χ0) is 17.5. The highest BCUT2D eigenvalue weighted by atomic mass is 16.5. The number of esters is 1. The van der Waals surface area contributed by atoms with Crippen LogP contribution >= 0.6 is 0 Å². The number of amides is 1. The second-order valence-corrected chi connectivity index (χ2v) is 5.73. The van der Waals surface area contributed by atoms with Crippen LogP contribution in [0.2, 0.25) is 0 Å². The number of para-hydroxylation sites is 1. The van der Waals surface area contributed by atoms with Gasteiger partial charge in [0.2, 0.25) is 0 Å². The monoisotopic (exact) mass is 327 g/mol. The van der Waals surface area contributed by atoms with E-state index in [1.807, 2.05) is 11.0 Å². The average molecular weight is 327 g/mol. The Balaban J connectivity index is 2.19. The molecule has 0 saturated carbocycles. The van der Waals surface area contributed by atoms with Crippen LogP contribution in [0, 0.1) is 11.3 Å². The molecule has 126 valence electrons. The number of rotatable bonds is 4. The Morgan fingerprint density at radius 2 is 2.12 bits per heavy atom. The summed E-state index contributed by atoms with van der Waals surface area (Å²) in [7, 11) is 1.28. The summed E-state index contributed by atoms with van der Waals surface area (Å²) in [6.45, 7) is 2.91. The number of likely N-dealkylation sites (tertiary alicyclic amines) is 1. The Labute approximate surface area is 141 Å². The highest BCUT2D eigenvalue weighted by Crippen LogP contribution is 2.19. The lowest BCUT2D eigenvalue weighted by atomic mass is 10.0. The minimum absolute atomic E-state index is 0.0171. The number of anilines is 1. The minimum atomic E-state index is -0.543. The van der Waals surface area contributed by atoms with Crippen molar-refractivity contribution in [1.29, 1.82) is 5.26 Å². The summed E-state index contributed by atoms with van der Waals surface area (Å²) < 4.78 is 4.70. The maximum atomic E-state index is 12.4. The summed E-state index contributed by atoms with van der Waals surface area (Å²) in [5, 5.41) is 11.9. The van der Waals surface area contributed by atoms with Gasteiger partial charge >= 0.3 is 5.97 Å². The highest BCUT2D eigenvalue weighted by Gasteiger charge is 2.19. The topological polar surface area (TPSA) is 82.4 Å². The summed E-state index contributed by atoms with van der Waals surface area (Å²) in [6.07, 6.45) is 4.86. The zero-order valence-electron chi connectivity index (χ0n) is 13.9. The van der Waals surface area contributed by atoms with E-state index in [0.29, 0.717) is 11.7 Å². The van der Waals surface area contributed by atoms with Gasteiger partial charge in [-0.1, -0.05) is 12.1 Å². The first kappa shape index (κ1) is 17.5. The average Bonchev–Trinajstić information content (AvgIpc) is 2.60. The van der Waals surface area contributed by atoms with Gasteiger partial charge < -0.3 is 15.0 Å². The molecule has 1 fully saturated rings. The van der Waals surface area contributed by atoms with E-state index in [2.05, 4.69) is 12.2 Å². The van der Waals surface area contributed by atoms with Gasteiger partial charge in [-0.15, -0.1) is 0 Å². The highest BCUT2D eigenvalue weighted by molar-refractivity contribution is 6.09. The maximum absolute atomic E-state index is 12.4. The smallest absolute Gasteiger partial charge is 0.339 e. The van der Waals surface area contributed by atoms with Gasteiger partial charge in [0.05, 0.1) is 18.4 Å². The van der Waals surface area contributed by atoms with Gasteiger partial charge in [-0.2, -0.15) is 5.26 Å². The fourth-order valence-corrected chi connectivity index (χ4v) is 2.69. The fraction of sp³-hybridized carbons (Fsp3) is 0.389. The number of carbonyl (C=O) groups is 2. The van der Waals surface area contributed by atoms with E-state index in [4.69, 9.17) is 4.74 Å². The van der Waals surface area contributed by atoms with Gasteiger partial charge in [0.15, 0.2) is 0 Å². The summed E-state index contributed by atoms with van der Waals surface area (Å²) in [4.78, 5) is 26.2. The van der Waals surface area contributed by atoms with Crippen molar-refractivity contribution in [3.63, 3.8) is 0 Å². The van der Waals surface area contributed by atoms with E-state index in [-0.39, 0.29) is 11.1 Å². The molecule has 1 heterocycles. The molecule has 1 amide bonds. The molecule has 1 aromatic carbocycles. The van der Waals surface area contributed by atoms with Crippen LogP contribution in [0.1, 0.15) is 36.5 Å². The molecule has 1 atom stereocenters. The van der Waals surface area contributed by atoms with Crippen molar-refractivity contribution in [1.82, 2.24) is 4.90 Å². The maximum Gasteiger partial charge on any atom is 0.339 e. The molecule has 0 aromatic heterocycles. The van der Waals surface area contributed by atoms with Crippen molar-refractivity contribution < 1.29 is 14.3 Å². The molecule has 6 nitrogen and oxygen atoms in total. The lowest BCUT2D eigenvalue weighted by Gasteiger charge is -2.32. The lowest BCUT2D eigenvalue weighted by molar-refractivity contribution is -0.112. The standard InChI is InChI=1S/C18H21N3O3/c1-13-7-5-6-10-21(13)12-14(11-19)17(22)20-16-9-4-3-8-15(16)18(23)24-2/h3-4,8-9,12-13H,5-7,10H2,1-2H3,(H,20,22)/b14-12-. The molecule has 0 bridgehead atoms. The largest absolute Gasteiger partial charge is 0.465 e. The van der Waals surface area contributed by atoms with Crippen LogP contribution in [-0.4, -0.2) is 36.5 Å². The Kier molecular flexibility index (Phi) is 5.96. The van der Waals surface area contributed by atoms with E-state index in [0.717, 1.165) is 25.8 Å². The first-order valence-corrected chi connectivity index (χ1v) is 7.93. The molecular weight excluding hydrogens is 306 g/mol. The van der Waals surface area contributed by atoms with Crippen molar-refractivity contribution >= 4 is 17.6 Å². The van der Waals surface area contributed by atoms with Crippen molar-refractivity contribution in [2.45, 2.75) is 32.2 Å². The number of methoxy groups -OCH3 is 1. The third-order valence-electron chi connectivity index (χ3n) is 4.09. The SMILES string of the molecule is COC(=O)c1ccccc1NC(=O)/C(C#N)=C\N1CCCCC1C. The molecule has 1 saturated heterocycles. The predicted octanol–water partition coefficient (Wildman–Crippen LogP) is 2.69. The van der Waals surface area contributed by atoms with Crippen molar-refractivity contribution in [2.75, 3.05) is 19.0 Å². The van der Waals surface area contributed by atoms with Crippen LogP contribution in [0.25, 0.3) is 0 Å². The van der Waals surface area contributed by atoms with E-state index >= 15 is 0 Å². The molecule has 1 N–H and O–H groups in total. The predicted molar refractivity (Wildman–Crippen MR) is 90.1 cm³/mol. The quantitative estimate of drug-likeness (QED) is 0.522.